The molecule has 1 aromatic carbocycles. The average Bonchev–Trinajstić information content (AvgIpc) is 2.71. The van der Waals surface area contributed by atoms with Gasteiger partial charge >= 0.3 is 6.01 Å². The van der Waals surface area contributed by atoms with Crippen molar-refractivity contribution in [1.29, 1.82) is 0 Å². The van der Waals surface area contributed by atoms with E-state index in [1.54, 1.807) is 31.3 Å². The molecule has 8 heteroatoms. The van der Waals surface area contributed by atoms with Crippen molar-refractivity contribution in [3.63, 3.8) is 0 Å². The molecule has 0 N–H and O–H groups in total. The maximum atomic E-state index is 12.3. The van der Waals surface area contributed by atoms with Gasteiger partial charge in [0.25, 0.3) is 6.43 Å². The molecule has 30 heavy (non-hydrogen) atoms. The molecule has 0 radical (unpaired) electrons. The standard InChI is InChI=1S/C22H28F2N2O4/c1-14(9-15(2)27)12-28-17-3-5-18(6-4-17)30-22-25-11-16-10-19(29-13-21(23)24)7-8-20(16)26-22/h7-8,10-11,14,17-18,21H,3-6,9,12-13H2,1-2H3/t14-,17?,18?/m1/s1. The topological polar surface area (TPSA) is 70.5 Å². The van der Waals surface area contributed by atoms with E-state index >= 15 is 0 Å². The highest BCUT2D eigenvalue weighted by Gasteiger charge is 2.24. The number of ether oxygens (including phenoxy) is 3. The Morgan fingerprint density at radius 2 is 1.90 bits per heavy atom. The number of aromatic nitrogens is 2. The third-order valence-corrected chi connectivity index (χ3v) is 5.05. The summed E-state index contributed by atoms with van der Waals surface area (Å²) in [5, 5.41) is 0.700. The number of alkyl halides is 2. The number of nitrogens with zero attached hydrogens (tertiary/aromatic N) is 2. The number of carbonyl (C=O) groups is 1. The summed E-state index contributed by atoms with van der Waals surface area (Å²) < 4.78 is 41.5. The average molecular weight is 422 g/mol. The Morgan fingerprint density at radius 3 is 2.60 bits per heavy atom. The van der Waals surface area contributed by atoms with Crippen LogP contribution in [0.1, 0.15) is 46.0 Å². The molecule has 1 aliphatic carbocycles. The third-order valence-electron chi connectivity index (χ3n) is 5.05. The third kappa shape index (κ3) is 6.86. The van der Waals surface area contributed by atoms with E-state index in [9.17, 15) is 13.6 Å². The molecule has 1 fully saturated rings. The van der Waals surface area contributed by atoms with Gasteiger partial charge in [0.15, 0.2) is 0 Å². The summed E-state index contributed by atoms with van der Waals surface area (Å²) in [4.78, 5) is 19.8. The second kappa shape index (κ2) is 10.6. The van der Waals surface area contributed by atoms with Crippen LogP contribution in [0.5, 0.6) is 11.8 Å². The van der Waals surface area contributed by atoms with Crippen LogP contribution >= 0.6 is 0 Å². The SMILES string of the molecule is CC(=O)C[C@@H](C)COC1CCC(Oc2ncc3cc(OCC(F)F)ccc3n2)CC1. The maximum absolute atomic E-state index is 12.3. The van der Waals surface area contributed by atoms with Crippen molar-refractivity contribution in [2.24, 2.45) is 5.92 Å². The molecule has 0 spiro atoms. The summed E-state index contributed by atoms with van der Waals surface area (Å²) in [5.41, 5.74) is 0.667. The van der Waals surface area contributed by atoms with E-state index in [0.29, 0.717) is 35.7 Å². The van der Waals surface area contributed by atoms with E-state index in [1.807, 2.05) is 6.92 Å². The minimum Gasteiger partial charge on any atom is -0.488 e. The molecule has 1 atom stereocenters. The predicted octanol–water partition coefficient (Wildman–Crippen LogP) is 4.60. The number of halogens is 2. The highest BCUT2D eigenvalue weighted by atomic mass is 19.3. The minimum atomic E-state index is -2.52. The van der Waals surface area contributed by atoms with Gasteiger partial charge in [-0.05, 0) is 56.7 Å². The maximum Gasteiger partial charge on any atom is 0.317 e. The molecule has 0 unspecified atom stereocenters. The number of carbonyl (C=O) groups excluding carboxylic acids is 1. The zero-order valence-electron chi connectivity index (χ0n) is 17.4. The van der Waals surface area contributed by atoms with Gasteiger partial charge in [-0.2, -0.15) is 4.98 Å². The van der Waals surface area contributed by atoms with E-state index in [0.717, 1.165) is 25.7 Å². The quantitative estimate of drug-likeness (QED) is 0.558. The highest BCUT2D eigenvalue weighted by molar-refractivity contribution is 5.79. The molecule has 1 heterocycles. The Hall–Kier alpha value is -2.35. The van der Waals surface area contributed by atoms with Crippen molar-refractivity contribution in [2.45, 2.75) is 64.6 Å². The van der Waals surface area contributed by atoms with Crippen molar-refractivity contribution in [1.82, 2.24) is 9.97 Å². The second-order valence-electron chi connectivity index (χ2n) is 7.94. The van der Waals surface area contributed by atoms with Crippen LogP contribution in [0.3, 0.4) is 0 Å². The Bertz CT molecular complexity index is 841. The first-order valence-electron chi connectivity index (χ1n) is 10.3. The summed E-state index contributed by atoms with van der Waals surface area (Å²) in [6.07, 6.45) is 3.38. The molecule has 1 aromatic heterocycles. The van der Waals surface area contributed by atoms with Gasteiger partial charge < -0.3 is 19.0 Å². The molecular formula is C22H28F2N2O4. The number of hydrogen-bond donors (Lipinski definition) is 0. The molecule has 3 rings (SSSR count). The number of benzene rings is 1. The van der Waals surface area contributed by atoms with Crippen molar-refractivity contribution in [3.8, 4) is 11.8 Å². The van der Waals surface area contributed by atoms with E-state index in [2.05, 4.69) is 9.97 Å². The van der Waals surface area contributed by atoms with Gasteiger partial charge in [-0.15, -0.1) is 0 Å². The van der Waals surface area contributed by atoms with Crippen LogP contribution in [0.25, 0.3) is 10.9 Å². The van der Waals surface area contributed by atoms with Crippen molar-refractivity contribution in [2.75, 3.05) is 13.2 Å². The van der Waals surface area contributed by atoms with E-state index in [1.165, 1.54) is 0 Å². The van der Waals surface area contributed by atoms with E-state index in [4.69, 9.17) is 14.2 Å². The Labute approximate surface area is 174 Å². The van der Waals surface area contributed by atoms with E-state index < -0.39 is 13.0 Å². The van der Waals surface area contributed by atoms with Gasteiger partial charge in [0.05, 0.1) is 11.6 Å². The lowest BCUT2D eigenvalue weighted by Crippen LogP contribution is -2.30. The molecule has 0 saturated heterocycles. The molecule has 164 valence electrons. The number of fused-ring (bicyclic) bond motifs is 1. The molecule has 2 aromatic rings. The molecule has 0 aliphatic heterocycles. The fourth-order valence-electron chi connectivity index (χ4n) is 3.62. The molecule has 6 nitrogen and oxygen atoms in total. The van der Waals surface area contributed by atoms with E-state index in [-0.39, 0.29) is 23.9 Å². The number of Topliss-reactive ketones (excluding diaryl/α,β-unsaturated/α-hetero) is 1. The van der Waals surface area contributed by atoms with Crippen LogP contribution in [0.15, 0.2) is 24.4 Å². The first-order valence-corrected chi connectivity index (χ1v) is 10.3. The van der Waals surface area contributed by atoms with Gasteiger partial charge in [0.1, 0.15) is 24.2 Å². The molecule has 1 saturated carbocycles. The van der Waals surface area contributed by atoms with Gasteiger partial charge in [-0.25, -0.2) is 13.8 Å². The lowest BCUT2D eigenvalue weighted by atomic mass is 9.95. The van der Waals surface area contributed by atoms with Gasteiger partial charge in [0.2, 0.25) is 0 Å². The zero-order chi connectivity index (χ0) is 21.5. The summed E-state index contributed by atoms with van der Waals surface area (Å²) in [6, 6.07) is 5.26. The van der Waals surface area contributed by atoms with Gasteiger partial charge in [-0.1, -0.05) is 6.92 Å². The molecular weight excluding hydrogens is 394 g/mol. The van der Waals surface area contributed by atoms with Crippen molar-refractivity contribution >= 4 is 16.7 Å². The summed E-state index contributed by atoms with van der Waals surface area (Å²) >= 11 is 0. The fourth-order valence-corrected chi connectivity index (χ4v) is 3.62. The zero-order valence-corrected chi connectivity index (χ0v) is 17.4. The van der Waals surface area contributed by atoms with Gasteiger partial charge in [0, 0.05) is 24.6 Å². The second-order valence-corrected chi connectivity index (χ2v) is 7.94. The number of rotatable bonds is 10. The largest absolute Gasteiger partial charge is 0.488 e. The van der Waals surface area contributed by atoms with Crippen LogP contribution in [-0.2, 0) is 9.53 Å². The van der Waals surface area contributed by atoms with Crippen LogP contribution in [0.4, 0.5) is 8.78 Å². The first-order chi connectivity index (χ1) is 14.4. The van der Waals surface area contributed by atoms with Crippen LogP contribution in [0, 0.1) is 5.92 Å². The van der Waals surface area contributed by atoms with Crippen LogP contribution in [-0.4, -0.2) is 47.6 Å². The lowest BCUT2D eigenvalue weighted by Gasteiger charge is -2.29. The van der Waals surface area contributed by atoms with Crippen molar-refractivity contribution in [3.05, 3.63) is 24.4 Å². The predicted molar refractivity (Wildman–Crippen MR) is 108 cm³/mol. The molecule has 0 bridgehead atoms. The number of hydrogen-bond acceptors (Lipinski definition) is 6. The normalized spacial score (nSPS) is 20.3. The highest BCUT2D eigenvalue weighted by Crippen LogP contribution is 2.26. The van der Waals surface area contributed by atoms with Crippen LogP contribution in [0.2, 0.25) is 0 Å². The van der Waals surface area contributed by atoms with Crippen LogP contribution < -0.4 is 9.47 Å². The molecule has 1 aliphatic rings. The summed E-state index contributed by atoms with van der Waals surface area (Å²) in [5.74, 6) is 0.787. The summed E-state index contributed by atoms with van der Waals surface area (Å²) in [7, 11) is 0. The van der Waals surface area contributed by atoms with Crippen molar-refractivity contribution < 1.29 is 27.8 Å². The Kier molecular flexibility index (Phi) is 7.90. The molecule has 0 amide bonds. The first kappa shape index (κ1) is 22.3. The Balaban J connectivity index is 1.47. The summed E-state index contributed by atoms with van der Waals surface area (Å²) in [6.45, 7) is 3.59. The smallest absolute Gasteiger partial charge is 0.317 e. The minimum absolute atomic E-state index is 0.0330. The van der Waals surface area contributed by atoms with Gasteiger partial charge in [-0.3, -0.25) is 0 Å². The monoisotopic (exact) mass is 422 g/mol. The lowest BCUT2D eigenvalue weighted by molar-refractivity contribution is -0.118. The fraction of sp³-hybridized carbons (Fsp3) is 0.591. The Morgan fingerprint density at radius 1 is 1.17 bits per heavy atom. The number of ketones is 1.